The average Bonchev–Trinajstić information content (AvgIpc) is 3.15. The van der Waals surface area contributed by atoms with Crippen LogP contribution in [0.25, 0.3) is 0 Å². The smallest absolute Gasteiger partial charge is 0.258 e. The van der Waals surface area contributed by atoms with E-state index in [0.29, 0.717) is 6.42 Å². The highest BCUT2D eigenvalue weighted by Gasteiger charge is 2.37. The van der Waals surface area contributed by atoms with Crippen LogP contribution in [0.5, 0.6) is 5.75 Å². The summed E-state index contributed by atoms with van der Waals surface area (Å²) >= 11 is 0. The molecule has 204 valence electrons. The highest BCUT2D eigenvalue weighted by Crippen LogP contribution is 2.22. The van der Waals surface area contributed by atoms with Gasteiger partial charge in [-0.1, -0.05) is 26.0 Å². The van der Waals surface area contributed by atoms with Crippen molar-refractivity contribution < 1.29 is 29.0 Å². The lowest BCUT2D eigenvalue weighted by Crippen LogP contribution is -2.51. The molecule has 2 rings (SSSR count). The number of aliphatic hydroxyl groups is 1. The molecule has 0 aromatic heterocycles. The van der Waals surface area contributed by atoms with E-state index in [0.717, 1.165) is 0 Å². The van der Waals surface area contributed by atoms with E-state index in [9.17, 15) is 24.3 Å². The third-order valence-electron chi connectivity index (χ3n) is 5.39. The van der Waals surface area contributed by atoms with Gasteiger partial charge in [-0.05, 0) is 45.2 Å². The number of hydrogen-bond acceptors (Lipinski definition) is 7. The van der Waals surface area contributed by atoms with Crippen molar-refractivity contribution in [2.45, 2.75) is 78.1 Å². The minimum atomic E-state index is -0.869. The number of rotatable bonds is 10. The fraction of sp³-hybridized carbons (Fsp3) is 0.577. The van der Waals surface area contributed by atoms with Gasteiger partial charge in [-0.3, -0.25) is 19.2 Å². The summed E-state index contributed by atoms with van der Waals surface area (Å²) in [6, 6.07) is 5.11. The van der Waals surface area contributed by atoms with Gasteiger partial charge in [-0.15, -0.1) is 0 Å². The van der Waals surface area contributed by atoms with Gasteiger partial charge in [0.2, 0.25) is 11.8 Å². The van der Waals surface area contributed by atoms with E-state index in [-0.39, 0.29) is 54.5 Å². The summed E-state index contributed by atoms with van der Waals surface area (Å²) in [5.41, 5.74) is 2.07. The number of hydrazone groups is 1. The SMILES string of the molecule is CC(=O)N/N=C/[C@@H]1C[C@@H](O)CN1C(=O)[C@@H](CC(C)C)NC(=O)c1ccccc1OCC(=O)NC(C)(C)C. The van der Waals surface area contributed by atoms with Gasteiger partial charge in [0.25, 0.3) is 11.8 Å². The maximum absolute atomic E-state index is 13.5. The van der Waals surface area contributed by atoms with Crippen molar-refractivity contribution in [1.29, 1.82) is 0 Å². The van der Waals surface area contributed by atoms with Crippen molar-refractivity contribution in [2.24, 2.45) is 11.0 Å². The minimum absolute atomic E-state index is 0.0841. The number of aliphatic hydroxyl groups excluding tert-OH is 1. The van der Waals surface area contributed by atoms with Crippen molar-refractivity contribution in [1.82, 2.24) is 21.0 Å². The summed E-state index contributed by atoms with van der Waals surface area (Å²) in [6.07, 6.45) is 1.30. The Balaban J connectivity index is 2.18. The number of amides is 4. The van der Waals surface area contributed by atoms with E-state index in [2.05, 4.69) is 21.2 Å². The minimum Gasteiger partial charge on any atom is -0.483 e. The number of hydrogen-bond donors (Lipinski definition) is 4. The second-order valence-electron chi connectivity index (χ2n) is 10.6. The van der Waals surface area contributed by atoms with Gasteiger partial charge >= 0.3 is 0 Å². The van der Waals surface area contributed by atoms with E-state index >= 15 is 0 Å². The molecule has 0 spiro atoms. The van der Waals surface area contributed by atoms with Crippen LogP contribution in [0.1, 0.15) is 64.7 Å². The van der Waals surface area contributed by atoms with Gasteiger partial charge in [0.05, 0.1) is 17.7 Å². The lowest BCUT2D eigenvalue weighted by Gasteiger charge is -2.28. The third-order valence-corrected chi connectivity index (χ3v) is 5.39. The third kappa shape index (κ3) is 9.83. The first-order chi connectivity index (χ1) is 17.3. The second-order valence-corrected chi connectivity index (χ2v) is 10.6. The standard InChI is InChI=1S/C26H39N5O6/c1-16(2)11-21(25(36)31-14-19(33)12-18(31)13-27-30-17(3)32)28-24(35)20-9-7-8-10-22(20)37-15-23(34)29-26(4,5)6/h7-10,13,16,18-19,21,33H,11-12,14-15H2,1-6H3,(H,28,35)(H,29,34)(H,30,32)/b27-13+/t18-,19+,21+/m0/s1. The number of carbonyl (C=O) groups excluding carboxylic acids is 4. The predicted octanol–water partition coefficient (Wildman–Crippen LogP) is 1.21. The van der Waals surface area contributed by atoms with Crippen LogP contribution in [0.2, 0.25) is 0 Å². The Labute approximate surface area is 218 Å². The van der Waals surface area contributed by atoms with Gasteiger partial charge in [0.15, 0.2) is 6.61 Å². The Kier molecular flexibility index (Phi) is 10.6. The lowest BCUT2D eigenvalue weighted by molar-refractivity contribution is -0.133. The molecule has 0 bridgehead atoms. The lowest BCUT2D eigenvalue weighted by atomic mass is 10.0. The highest BCUT2D eigenvalue weighted by atomic mass is 16.5. The molecule has 1 fully saturated rings. The van der Waals surface area contributed by atoms with Crippen LogP contribution in [0.15, 0.2) is 29.4 Å². The fourth-order valence-electron chi connectivity index (χ4n) is 3.96. The molecule has 3 atom stereocenters. The molecule has 1 aromatic rings. The topological polar surface area (TPSA) is 149 Å². The summed E-state index contributed by atoms with van der Waals surface area (Å²) < 4.78 is 5.63. The average molecular weight is 518 g/mol. The Morgan fingerprint density at radius 1 is 1.22 bits per heavy atom. The van der Waals surface area contributed by atoms with Crippen molar-refractivity contribution in [2.75, 3.05) is 13.2 Å². The summed E-state index contributed by atoms with van der Waals surface area (Å²) in [5, 5.41) is 19.6. The molecule has 0 radical (unpaired) electrons. The normalized spacial score (nSPS) is 18.5. The van der Waals surface area contributed by atoms with Crippen LogP contribution < -0.4 is 20.8 Å². The summed E-state index contributed by atoms with van der Waals surface area (Å²) in [5.74, 6) is -1.25. The Morgan fingerprint density at radius 2 is 1.89 bits per heavy atom. The zero-order valence-electron chi connectivity index (χ0n) is 22.4. The van der Waals surface area contributed by atoms with Crippen LogP contribution in [0, 0.1) is 5.92 Å². The second kappa shape index (κ2) is 13.2. The zero-order chi connectivity index (χ0) is 27.8. The molecule has 4 amide bonds. The van der Waals surface area contributed by atoms with Crippen LogP contribution in [-0.4, -0.2) is 76.7 Å². The molecule has 4 N–H and O–H groups in total. The Bertz CT molecular complexity index is 1000. The van der Waals surface area contributed by atoms with Crippen molar-refractivity contribution in [3.63, 3.8) is 0 Å². The van der Waals surface area contributed by atoms with Crippen LogP contribution >= 0.6 is 0 Å². The number of likely N-dealkylation sites (tertiary alicyclic amines) is 1. The molecule has 1 saturated heterocycles. The van der Waals surface area contributed by atoms with Gasteiger partial charge in [0, 0.05) is 31.6 Å². The van der Waals surface area contributed by atoms with Crippen LogP contribution in [-0.2, 0) is 14.4 Å². The molecule has 0 aliphatic carbocycles. The number of β-amino-alcohol motifs (C(OH)–C–C–N with tert-alkyl or cyclic N) is 1. The molecule has 0 saturated carbocycles. The van der Waals surface area contributed by atoms with Crippen LogP contribution in [0.3, 0.4) is 0 Å². The molecule has 1 aromatic carbocycles. The van der Waals surface area contributed by atoms with E-state index in [1.165, 1.54) is 18.0 Å². The van der Waals surface area contributed by atoms with Crippen LogP contribution in [0.4, 0.5) is 0 Å². The Morgan fingerprint density at radius 3 is 2.51 bits per heavy atom. The molecular formula is C26H39N5O6. The summed E-state index contributed by atoms with van der Waals surface area (Å²) in [4.78, 5) is 51.5. The number of nitrogens with zero attached hydrogens (tertiary/aromatic N) is 2. The van der Waals surface area contributed by atoms with Gasteiger partial charge in [0.1, 0.15) is 11.8 Å². The summed E-state index contributed by atoms with van der Waals surface area (Å²) in [6.45, 7) is 10.6. The van der Waals surface area contributed by atoms with E-state index in [4.69, 9.17) is 4.74 Å². The summed E-state index contributed by atoms with van der Waals surface area (Å²) in [7, 11) is 0. The van der Waals surface area contributed by atoms with Crippen molar-refractivity contribution in [3.8, 4) is 5.75 Å². The zero-order valence-corrected chi connectivity index (χ0v) is 22.4. The van der Waals surface area contributed by atoms with E-state index < -0.39 is 29.6 Å². The maximum Gasteiger partial charge on any atom is 0.258 e. The fourth-order valence-corrected chi connectivity index (χ4v) is 3.96. The van der Waals surface area contributed by atoms with Gasteiger partial charge < -0.3 is 25.4 Å². The number of para-hydroxylation sites is 1. The molecule has 1 heterocycles. The first-order valence-corrected chi connectivity index (χ1v) is 12.4. The van der Waals surface area contributed by atoms with E-state index in [1.807, 2.05) is 34.6 Å². The quantitative estimate of drug-likeness (QED) is 0.271. The molecular weight excluding hydrogens is 478 g/mol. The van der Waals surface area contributed by atoms with Gasteiger partial charge in [-0.2, -0.15) is 5.10 Å². The molecule has 11 heteroatoms. The van der Waals surface area contributed by atoms with Crippen molar-refractivity contribution >= 4 is 29.8 Å². The predicted molar refractivity (Wildman–Crippen MR) is 139 cm³/mol. The molecule has 1 aliphatic heterocycles. The first kappa shape index (κ1) is 29.8. The number of benzene rings is 1. The number of nitrogens with one attached hydrogen (secondary N) is 3. The molecule has 11 nitrogen and oxygen atoms in total. The number of ether oxygens (including phenoxy) is 1. The first-order valence-electron chi connectivity index (χ1n) is 12.4. The largest absolute Gasteiger partial charge is 0.483 e. The number of carbonyl (C=O) groups is 4. The molecule has 1 aliphatic rings. The monoisotopic (exact) mass is 517 g/mol. The maximum atomic E-state index is 13.5. The highest BCUT2D eigenvalue weighted by molar-refractivity contribution is 6.00. The Hall–Kier alpha value is -3.47. The van der Waals surface area contributed by atoms with Gasteiger partial charge in [-0.25, -0.2) is 5.43 Å². The molecule has 0 unspecified atom stereocenters. The van der Waals surface area contributed by atoms with Crippen molar-refractivity contribution in [3.05, 3.63) is 29.8 Å². The van der Waals surface area contributed by atoms with E-state index in [1.54, 1.807) is 24.3 Å². The molecule has 37 heavy (non-hydrogen) atoms.